The molecule has 33 heavy (non-hydrogen) atoms. The second kappa shape index (κ2) is 9.25. The summed E-state index contributed by atoms with van der Waals surface area (Å²) in [5.74, 6) is 0.249. The SMILES string of the molecule is CCCCc1nc2ccccc2c(=O)n1-c1ccc(NC(=O)OC(C)(C)C)cc1C(F)(F)F. The predicted octanol–water partition coefficient (Wildman–Crippen LogP) is 6.09. The molecule has 0 atom stereocenters. The molecule has 2 aromatic carbocycles. The van der Waals surface area contributed by atoms with Gasteiger partial charge < -0.3 is 4.74 Å². The number of alkyl halides is 3. The molecule has 0 saturated carbocycles. The Kier molecular flexibility index (Phi) is 6.81. The third kappa shape index (κ3) is 5.71. The number of para-hydroxylation sites is 1. The van der Waals surface area contributed by atoms with E-state index in [-0.39, 0.29) is 22.6 Å². The summed E-state index contributed by atoms with van der Waals surface area (Å²) >= 11 is 0. The van der Waals surface area contributed by atoms with Crippen molar-refractivity contribution in [2.45, 2.75) is 58.7 Å². The van der Waals surface area contributed by atoms with Gasteiger partial charge in [0.15, 0.2) is 0 Å². The molecule has 3 aromatic rings. The first-order chi connectivity index (χ1) is 15.4. The van der Waals surface area contributed by atoms with Crippen LogP contribution in [0.25, 0.3) is 16.6 Å². The number of aryl methyl sites for hydroxylation is 1. The van der Waals surface area contributed by atoms with Crippen LogP contribution >= 0.6 is 0 Å². The molecule has 0 aliphatic rings. The van der Waals surface area contributed by atoms with Gasteiger partial charge in [-0.05, 0) is 57.5 Å². The number of nitrogens with zero attached hydrogens (tertiary/aromatic N) is 2. The maximum absolute atomic E-state index is 14.1. The number of ether oxygens (including phenoxy) is 1. The van der Waals surface area contributed by atoms with Crippen molar-refractivity contribution in [2.75, 3.05) is 5.32 Å². The van der Waals surface area contributed by atoms with E-state index in [2.05, 4.69) is 10.3 Å². The summed E-state index contributed by atoms with van der Waals surface area (Å²) in [6.45, 7) is 6.89. The number of carbonyl (C=O) groups excluding carboxylic acids is 1. The number of amides is 1. The second-order valence-electron chi connectivity index (χ2n) is 8.65. The quantitative estimate of drug-likeness (QED) is 0.499. The van der Waals surface area contributed by atoms with Gasteiger partial charge in [0, 0.05) is 12.1 Å². The lowest BCUT2D eigenvalue weighted by Gasteiger charge is -2.21. The molecule has 0 aliphatic heterocycles. The number of fused-ring (bicyclic) bond motifs is 1. The lowest BCUT2D eigenvalue weighted by molar-refractivity contribution is -0.137. The van der Waals surface area contributed by atoms with Crippen molar-refractivity contribution in [2.24, 2.45) is 0 Å². The lowest BCUT2D eigenvalue weighted by Crippen LogP contribution is -2.28. The fourth-order valence-electron chi connectivity index (χ4n) is 3.39. The van der Waals surface area contributed by atoms with Gasteiger partial charge in [-0.15, -0.1) is 0 Å². The number of unbranched alkanes of at least 4 members (excludes halogenated alkanes) is 1. The molecular formula is C24H26F3N3O3. The van der Waals surface area contributed by atoms with Crippen LogP contribution in [0.4, 0.5) is 23.7 Å². The van der Waals surface area contributed by atoms with Crippen LogP contribution in [0.2, 0.25) is 0 Å². The monoisotopic (exact) mass is 461 g/mol. The van der Waals surface area contributed by atoms with Crippen LogP contribution in [-0.4, -0.2) is 21.2 Å². The van der Waals surface area contributed by atoms with E-state index in [0.29, 0.717) is 18.4 Å². The average Bonchev–Trinajstić information content (AvgIpc) is 2.70. The molecule has 0 saturated heterocycles. The Labute approximate surface area is 189 Å². The highest BCUT2D eigenvalue weighted by Gasteiger charge is 2.35. The third-order valence-electron chi connectivity index (χ3n) is 4.79. The topological polar surface area (TPSA) is 73.2 Å². The van der Waals surface area contributed by atoms with Crippen LogP contribution < -0.4 is 10.9 Å². The second-order valence-corrected chi connectivity index (χ2v) is 8.65. The Hall–Kier alpha value is -3.36. The van der Waals surface area contributed by atoms with Gasteiger partial charge >= 0.3 is 12.3 Å². The molecule has 1 aromatic heterocycles. The zero-order valence-electron chi connectivity index (χ0n) is 18.9. The Bertz CT molecular complexity index is 1230. The normalized spacial score (nSPS) is 12.1. The van der Waals surface area contributed by atoms with Crippen molar-refractivity contribution in [3.8, 4) is 5.69 Å². The van der Waals surface area contributed by atoms with E-state index in [1.807, 2.05) is 6.92 Å². The van der Waals surface area contributed by atoms with E-state index < -0.39 is 29.0 Å². The van der Waals surface area contributed by atoms with Crippen molar-refractivity contribution in [1.29, 1.82) is 0 Å². The first-order valence-electron chi connectivity index (χ1n) is 10.6. The highest BCUT2D eigenvalue weighted by molar-refractivity contribution is 5.85. The van der Waals surface area contributed by atoms with Crippen LogP contribution in [0.5, 0.6) is 0 Å². The van der Waals surface area contributed by atoms with Gasteiger partial charge in [-0.25, -0.2) is 9.78 Å². The summed E-state index contributed by atoms with van der Waals surface area (Å²) in [5.41, 5.74) is -2.46. The number of carbonyl (C=O) groups is 1. The van der Waals surface area contributed by atoms with Crippen LogP contribution in [-0.2, 0) is 17.3 Å². The van der Waals surface area contributed by atoms with Gasteiger partial charge in [0.2, 0.25) is 0 Å². The summed E-state index contributed by atoms with van der Waals surface area (Å²) in [5, 5.41) is 2.54. The molecule has 0 aliphatic carbocycles. The van der Waals surface area contributed by atoms with Crippen molar-refractivity contribution >= 4 is 22.7 Å². The van der Waals surface area contributed by atoms with Gasteiger partial charge in [-0.3, -0.25) is 14.7 Å². The number of hydrogen-bond donors (Lipinski definition) is 1. The van der Waals surface area contributed by atoms with Crippen LogP contribution in [0.1, 0.15) is 51.9 Å². The van der Waals surface area contributed by atoms with Crippen LogP contribution in [0.15, 0.2) is 47.3 Å². The highest BCUT2D eigenvalue weighted by Crippen LogP contribution is 2.36. The molecule has 0 bridgehead atoms. The number of benzene rings is 2. The summed E-state index contributed by atoms with van der Waals surface area (Å²) in [4.78, 5) is 29.8. The molecule has 1 heterocycles. The first-order valence-corrected chi connectivity index (χ1v) is 10.6. The molecule has 1 amide bonds. The molecule has 6 nitrogen and oxygen atoms in total. The number of hydrogen-bond acceptors (Lipinski definition) is 4. The van der Waals surface area contributed by atoms with E-state index in [0.717, 1.165) is 17.1 Å². The Balaban J connectivity index is 2.18. The van der Waals surface area contributed by atoms with Crippen LogP contribution in [0, 0.1) is 0 Å². The number of nitrogens with one attached hydrogen (secondary N) is 1. The van der Waals surface area contributed by atoms with Gasteiger partial charge in [0.25, 0.3) is 5.56 Å². The number of rotatable bonds is 5. The minimum atomic E-state index is -4.78. The summed E-state index contributed by atoms with van der Waals surface area (Å²) in [6, 6.07) is 9.83. The smallest absolute Gasteiger partial charge is 0.418 e. The van der Waals surface area contributed by atoms with Gasteiger partial charge in [0.1, 0.15) is 11.4 Å². The Morgan fingerprint density at radius 1 is 1.12 bits per heavy atom. The first kappa shape index (κ1) is 24.3. The zero-order valence-corrected chi connectivity index (χ0v) is 18.9. The maximum Gasteiger partial charge on any atom is 0.418 e. The number of aromatic nitrogens is 2. The van der Waals surface area contributed by atoms with Crippen LogP contribution in [0.3, 0.4) is 0 Å². The van der Waals surface area contributed by atoms with Crippen molar-refractivity contribution in [3.05, 3.63) is 64.2 Å². The molecular weight excluding hydrogens is 435 g/mol. The standard InChI is InChI=1S/C24H26F3N3O3/c1-5-6-11-20-29-18-10-8-7-9-16(18)21(31)30(20)19-13-12-15(14-17(19)24(25,26)27)28-22(32)33-23(2,3)4/h7-10,12-14H,5-6,11H2,1-4H3,(H,28,32). The molecule has 3 rings (SSSR count). The van der Waals surface area contributed by atoms with Crippen molar-refractivity contribution in [3.63, 3.8) is 0 Å². The molecule has 0 unspecified atom stereocenters. The highest BCUT2D eigenvalue weighted by atomic mass is 19.4. The van der Waals surface area contributed by atoms with Crippen molar-refractivity contribution in [1.82, 2.24) is 9.55 Å². The molecule has 0 radical (unpaired) electrons. The lowest BCUT2D eigenvalue weighted by atomic mass is 10.1. The van der Waals surface area contributed by atoms with E-state index in [1.54, 1.807) is 39.0 Å². The van der Waals surface area contributed by atoms with Gasteiger partial charge in [0.05, 0.1) is 22.2 Å². The maximum atomic E-state index is 14.1. The number of anilines is 1. The molecule has 9 heteroatoms. The third-order valence-corrected chi connectivity index (χ3v) is 4.79. The summed E-state index contributed by atoms with van der Waals surface area (Å²) < 4.78 is 48.4. The molecule has 176 valence electrons. The van der Waals surface area contributed by atoms with Gasteiger partial charge in [-0.2, -0.15) is 13.2 Å². The minimum Gasteiger partial charge on any atom is -0.444 e. The van der Waals surface area contributed by atoms with E-state index in [4.69, 9.17) is 4.74 Å². The predicted molar refractivity (Wildman–Crippen MR) is 121 cm³/mol. The fraction of sp³-hybridized carbons (Fsp3) is 0.375. The Morgan fingerprint density at radius 2 is 1.82 bits per heavy atom. The molecule has 1 N–H and O–H groups in total. The van der Waals surface area contributed by atoms with E-state index in [9.17, 15) is 22.8 Å². The summed E-state index contributed by atoms with van der Waals surface area (Å²) in [7, 11) is 0. The Morgan fingerprint density at radius 3 is 2.45 bits per heavy atom. The largest absolute Gasteiger partial charge is 0.444 e. The zero-order chi connectivity index (χ0) is 24.4. The summed E-state index contributed by atoms with van der Waals surface area (Å²) in [6.07, 6.45) is -3.88. The molecule has 0 spiro atoms. The van der Waals surface area contributed by atoms with Gasteiger partial charge in [-0.1, -0.05) is 25.5 Å². The molecule has 0 fully saturated rings. The van der Waals surface area contributed by atoms with E-state index in [1.165, 1.54) is 18.2 Å². The minimum absolute atomic E-state index is 0.0998. The van der Waals surface area contributed by atoms with E-state index >= 15 is 0 Å². The average molecular weight is 461 g/mol. The fourth-order valence-corrected chi connectivity index (χ4v) is 3.39. The van der Waals surface area contributed by atoms with Crippen molar-refractivity contribution < 1.29 is 22.7 Å². The number of halogens is 3.